The average Bonchev–Trinajstić information content (AvgIpc) is 3.63. The largest absolute Gasteiger partial charge is 1.00 e. The molecule has 3 aromatic heterocycles. The van der Waals surface area contributed by atoms with Gasteiger partial charge in [0.05, 0.1) is 34.6 Å². The Morgan fingerprint density at radius 3 is 2.20 bits per heavy atom. The normalized spacial score (nSPS) is 15.6. The van der Waals surface area contributed by atoms with Crippen molar-refractivity contribution in [3.8, 4) is 0 Å². The van der Waals surface area contributed by atoms with Gasteiger partial charge in [0.2, 0.25) is 0 Å². The summed E-state index contributed by atoms with van der Waals surface area (Å²) in [7, 11) is 0. The molecule has 232 valence electrons. The van der Waals surface area contributed by atoms with E-state index in [1.165, 1.54) is 0 Å². The minimum atomic E-state index is -1.20. The molecule has 2 atom stereocenters. The first-order valence-corrected chi connectivity index (χ1v) is 14.6. The van der Waals surface area contributed by atoms with Crippen LogP contribution in [0.3, 0.4) is 0 Å². The van der Waals surface area contributed by atoms with Crippen molar-refractivity contribution in [3.63, 3.8) is 0 Å². The molecule has 3 aromatic rings. The molecule has 10 nitrogen and oxygen atoms in total. The van der Waals surface area contributed by atoms with Gasteiger partial charge in [-0.15, -0.1) is 0 Å². The van der Waals surface area contributed by atoms with E-state index in [9.17, 15) is 29.7 Å². The molecule has 0 unspecified atom stereocenters. The number of carboxylic acid groups (broad SMARTS) is 3. The first-order chi connectivity index (χ1) is 20.9. The predicted molar refractivity (Wildman–Crippen MR) is 170 cm³/mol. The van der Waals surface area contributed by atoms with Gasteiger partial charge in [-0.05, 0) is 74.1 Å². The number of carboxylic acids is 3. The maximum Gasteiger partial charge on any atom is 1.00 e. The average molecular weight is 702 g/mol. The van der Waals surface area contributed by atoms with E-state index in [4.69, 9.17) is 9.97 Å². The number of carbonyl (C=O) groups is 3. The molecule has 0 fully saturated rings. The molecule has 46 heavy (non-hydrogen) atoms. The smallest absolute Gasteiger partial charge is 1.00 e. The molecule has 5 rings (SSSR count). The monoisotopic (exact) mass is 700 g/mol. The number of aromatic carboxylic acids is 1. The molecule has 0 aliphatic carbocycles. The number of hydrogen-bond donors (Lipinski definition) is 5. The fourth-order valence-corrected chi connectivity index (χ4v) is 6.53. The molecular formula is C34H37KN4O6Zn. The van der Waals surface area contributed by atoms with Crippen molar-refractivity contribution in [1.82, 2.24) is 19.9 Å². The van der Waals surface area contributed by atoms with E-state index >= 15 is 0 Å². The maximum absolute atomic E-state index is 12.7. The number of rotatable bonds is 8. The Hall–Kier alpha value is -2.73. The zero-order valence-electron chi connectivity index (χ0n) is 28.2. The number of H-pyrrole nitrogens is 2. The van der Waals surface area contributed by atoms with Gasteiger partial charge in [-0.1, -0.05) is 26.5 Å². The van der Waals surface area contributed by atoms with Crippen LogP contribution in [0.5, 0.6) is 0 Å². The first kappa shape index (κ1) is 37.7. The van der Waals surface area contributed by atoms with E-state index in [-0.39, 0.29) is 108 Å². The van der Waals surface area contributed by atoms with Crippen LogP contribution < -0.4 is 51.4 Å². The van der Waals surface area contributed by atoms with E-state index in [0.29, 0.717) is 28.2 Å². The number of fused-ring (bicyclic) bond motifs is 8. The maximum atomic E-state index is 12.7. The van der Waals surface area contributed by atoms with E-state index in [2.05, 4.69) is 16.5 Å². The zero-order valence-corrected chi connectivity index (χ0v) is 33.3. The summed E-state index contributed by atoms with van der Waals surface area (Å²) >= 11 is 0. The topological polar surface area (TPSA) is 169 Å². The van der Waals surface area contributed by atoms with Crippen molar-refractivity contribution < 1.29 is 102 Å². The molecule has 0 spiro atoms. The number of nitrogens with zero attached hydrogens (tertiary/aromatic N) is 2. The van der Waals surface area contributed by atoms with Crippen molar-refractivity contribution >= 4 is 51.1 Å². The van der Waals surface area contributed by atoms with Crippen LogP contribution in [0.4, 0.5) is 0 Å². The molecule has 0 saturated carbocycles. The summed E-state index contributed by atoms with van der Waals surface area (Å²) in [6, 6.07) is 5.70. The van der Waals surface area contributed by atoms with Crippen molar-refractivity contribution in [2.24, 2.45) is 0 Å². The third-order valence-corrected chi connectivity index (χ3v) is 8.95. The second-order valence-corrected chi connectivity index (χ2v) is 11.5. The van der Waals surface area contributed by atoms with Gasteiger partial charge in [0.1, 0.15) is 0 Å². The number of aromatic nitrogens is 4. The minimum absolute atomic E-state index is 0. The summed E-state index contributed by atoms with van der Waals surface area (Å²) in [5, 5.41) is 29.9. The summed E-state index contributed by atoms with van der Waals surface area (Å²) in [5.41, 5.74) is 9.27. The third kappa shape index (κ3) is 6.93. The molecule has 8 bridgehead atoms. The molecule has 5 N–H and O–H groups in total. The van der Waals surface area contributed by atoms with Crippen LogP contribution in [0.1, 0.15) is 102 Å². The minimum Gasteiger partial charge on any atom is -1.00 e. The Balaban J connectivity index is 0.00000256. The zero-order chi connectivity index (χ0) is 32.0. The van der Waals surface area contributed by atoms with Gasteiger partial charge >= 0.3 is 69.3 Å². The van der Waals surface area contributed by atoms with Crippen LogP contribution in [-0.4, -0.2) is 53.2 Å². The number of hydrogen-bond acceptors (Lipinski definition) is 5. The van der Waals surface area contributed by atoms with Crippen LogP contribution in [0.2, 0.25) is 0 Å². The Morgan fingerprint density at radius 1 is 0.935 bits per heavy atom. The van der Waals surface area contributed by atoms with Crippen LogP contribution in [0.25, 0.3) is 33.2 Å². The molecule has 12 heteroatoms. The van der Waals surface area contributed by atoms with Gasteiger partial charge in [0.25, 0.3) is 0 Å². The third-order valence-electron chi connectivity index (χ3n) is 8.95. The number of aromatic amines is 2. The Kier molecular flexibility index (Phi) is 12.3. The molecule has 2 aliphatic rings. The van der Waals surface area contributed by atoms with E-state index in [0.717, 1.165) is 45.4 Å². The van der Waals surface area contributed by atoms with Crippen molar-refractivity contribution in [1.29, 1.82) is 0 Å². The molecule has 0 amide bonds. The van der Waals surface area contributed by atoms with E-state index in [1.54, 1.807) is 13.0 Å². The van der Waals surface area contributed by atoms with Crippen LogP contribution in [0, 0.1) is 13.8 Å². The molecule has 0 saturated heterocycles. The summed E-state index contributed by atoms with van der Waals surface area (Å²) < 4.78 is 0. The van der Waals surface area contributed by atoms with Crippen molar-refractivity contribution in [2.45, 2.75) is 72.1 Å². The van der Waals surface area contributed by atoms with Gasteiger partial charge in [0.15, 0.2) is 0 Å². The Labute approximate surface area is 323 Å². The van der Waals surface area contributed by atoms with Gasteiger partial charge in [-0.2, -0.15) is 0 Å². The second kappa shape index (κ2) is 15.0. The quantitative estimate of drug-likeness (QED) is 0.221. The van der Waals surface area contributed by atoms with E-state index < -0.39 is 30.2 Å². The van der Waals surface area contributed by atoms with E-state index in [1.807, 2.05) is 45.9 Å². The van der Waals surface area contributed by atoms with Crippen LogP contribution in [0.15, 0.2) is 30.9 Å². The van der Waals surface area contributed by atoms with Crippen LogP contribution >= 0.6 is 0 Å². The van der Waals surface area contributed by atoms with Gasteiger partial charge in [-0.25, -0.2) is 9.78 Å². The fourth-order valence-electron chi connectivity index (χ4n) is 6.53. The molecule has 5 heterocycles. The van der Waals surface area contributed by atoms with Gasteiger partial charge in [0, 0.05) is 71.1 Å². The molecule has 0 radical (unpaired) electrons. The fraction of sp³-hybridized carbons (Fsp3) is 0.324. The summed E-state index contributed by atoms with van der Waals surface area (Å²) in [6.07, 6.45) is 2.04. The second-order valence-electron chi connectivity index (χ2n) is 11.5. The number of nitrogens with one attached hydrogen (secondary N) is 2. The SMILES string of the molecule is C=CC1=C(C)c2cc3nc(c(CC(=O)O)c4[nH]c(cc5[nH]c(cc1n2)c(C)c5CC)c(C)c4C(=O)O)[C@@H](CCC(=O)O)[C@@H]3C.[H-].[K+].[Zn]. The number of aryl methyl sites for hydroxylation is 3. The Bertz CT molecular complexity index is 1970. The first-order valence-electron chi connectivity index (χ1n) is 14.6. The number of allylic oxidation sites excluding steroid dienone is 3. The standard InChI is InChI=1S/C34H36N4O6.K.Zn.H/c1-7-19-15(3)23-12-25-17(5)21(9-10-29(39)40)32(37-25)22(11-30(41)42)33-31(34(43)44)18(6)26(38-33)14-28-20(8-2)16(4)24(36-28)13-27(19)35-23;;;/h7,12-14,17,21,36,38H,1,8-11H2,2-6H3,(H,39,40)(H,41,42)(H,43,44);;;/q;+1;;-1/t17-,21-;;;/m0.../s1. The van der Waals surface area contributed by atoms with Gasteiger partial charge in [-0.3, -0.25) is 14.6 Å². The summed E-state index contributed by atoms with van der Waals surface area (Å²) in [6.45, 7) is 13.7. The van der Waals surface area contributed by atoms with Gasteiger partial charge < -0.3 is 26.7 Å². The molecular weight excluding hydrogens is 665 g/mol. The van der Waals surface area contributed by atoms with Crippen LogP contribution in [-0.2, 0) is 41.9 Å². The predicted octanol–water partition coefficient (Wildman–Crippen LogP) is 3.80. The molecule has 0 aromatic carbocycles. The summed E-state index contributed by atoms with van der Waals surface area (Å²) in [5.74, 6) is -4.08. The summed E-state index contributed by atoms with van der Waals surface area (Å²) in [4.78, 5) is 53.2. The van der Waals surface area contributed by atoms with Crippen molar-refractivity contribution in [2.75, 3.05) is 0 Å². The Morgan fingerprint density at radius 2 is 1.61 bits per heavy atom. The van der Waals surface area contributed by atoms with Crippen molar-refractivity contribution in [3.05, 3.63) is 81.4 Å². The number of aliphatic carboxylic acids is 2. The molecule has 2 aliphatic heterocycles.